The van der Waals surface area contributed by atoms with E-state index in [0.717, 1.165) is 6.42 Å². The molecule has 0 aliphatic carbocycles. The minimum Gasteiger partial charge on any atom is -0.508 e. The Hall–Kier alpha value is -3.71. The van der Waals surface area contributed by atoms with Crippen LogP contribution in [-0.2, 0) is 30.4 Å². The lowest BCUT2D eigenvalue weighted by molar-refractivity contribution is -0.147. The normalized spacial score (nSPS) is 17.7. The molecule has 1 aromatic rings. The maximum atomic E-state index is 12.8. The number of hydrogen-bond acceptors (Lipinski definition) is 8. The Morgan fingerprint density at radius 2 is 1.56 bits per heavy atom. The number of carbonyl (C=O) groups excluding carboxylic acids is 3. The Morgan fingerprint density at radius 3 is 2.09 bits per heavy atom. The standard InChI is InChI=1S/C21H28N4O9/c26-10-16(25-18(30)13-2-1-7-22-13)20(32)23-14(8-11-3-5-12(27)6-4-11)19(31)24-15(21(33)34)9-17(28)29/h3-6,13-16,22,26-27H,1-2,7-10H2,(H,23,32)(H,24,31)(H,25,30)(H,28,29)(H,33,34). The molecule has 4 atom stereocenters. The molecule has 0 saturated carbocycles. The van der Waals surface area contributed by atoms with Gasteiger partial charge in [-0.1, -0.05) is 12.1 Å². The van der Waals surface area contributed by atoms with Crippen molar-refractivity contribution in [3.63, 3.8) is 0 Å². The number of aliphatic hydroxyl groups is 1. The number of phenols is 1. The monoisotopic (exact) mass is 480 g/mol. The van der Waals surface area contributed by atoms with E-state index < -0.39 is 66.9 Å². The second-order valence-electron chi connectivity index (χ2n) is 7.82. The molecule has 3 amide bonds. The molecule has 1 saturated heterocycles. The third-order valence-corrected chi connectivity index (χ3v) is 5.19. The van der Waals surface area contributed by atoms with Crippen molar-refractivity contribution in [3.05, 3.63) is 29.8 Å². The quantitative estimate of drug-likeness (QED) is 0.160. The molecule has 8 N–H and O–H groups in total. The summed E-state index contributed by atoms with van der Waals surface area (Å²) in [5, 5.41) is 47.0. The lowest BCUT2D eigenvalue weighted by atomic mass is 10.0. The molecule has 186 valence electrons. The number of aliphatic hydroxyl groups excluding tert-OH is 1. The number of carboxylic acids is 2. The lowest BCUT2D eigenvalue weighted by Gasteiger charge is -2.24. The van der Waals surface area contributed by atoms with Crippen molar-refractivity contribution in [2.75, 3.05) is 13.2 Å². The Balaban J connectivity index is 2.16. The molecule has 1 fully saturated rings. The zero-order chi connectivity index (χ0) is 25.3. The van der Waals surface area contributed by atoms with E-state index in [0.29, 0.717) is 18.5 Å². The predicted molar refractivity (Wildman–Crippen MR) is 116 cm³/mol. The summed E-state index contributed by atoms with van der Waals surface area (Å²) in [7, 11) is 0. The van der Waals surface area contributed by atoms with E-state index in [9.17, 15) is 39.3 Å². The third-order valence-electron chi connectivity index (χ3n) is 5.19. The minimum atomic E-state index is -1.74. The number of aliphatic carboxylic acids is 2. The molecule has 0 bridgehead atoms. The van der Waals surface area contributed by atoms with Crippen LogP contribution < -0.4 is 21.3 Å². The van der Waals surface area contributed by atoms with Crippen LogP contribution >= 0.6 is 0 Å². The minimum absolute atomic E-state index is 0.0373. The molecule has 13 nitrogen and oxygen atoms in total. The highest BCUT2D eigenvalue weighted by atomic mass is 16.4. The topological polar surface area (TPSA) is 214 Å². The van der Waals surface area contributed by atoms with Crippen LogP contribution in [-0.4, -0.2) is 87.4 Å². The van der Waals surface area contributed by atoms with Crippen LogP contribution in [0, 0.1) is 0 Å². The number of rotatable bonds is 12. The maximum Gasteiger partial charge on any atom is 0.326 e. The lowest BCUT2D eigenvalue weighted by Crippen LogP contribution is -2.58. The van der Waals surface area contributed by atoms with Crippen molar-refractivity contribution in [1.29, 1.82) is 0 Å². The summed E-state index contributed by atoms with van der Waals surface area (Å²) in [6.07, 6.45) is 0.319. The van der Waals surface area contributed by atoms with Crippen LogP contribution in [0.1, 0.15) is 24.8 Å². The highest BCUT2D eigenvalue weighted by Crippen LogP contribution is 2.12. The summed E-state index contributed by atoms with van der Waals surface area (Å²) in [6, 6.07) is 0.651. The van der Waals surface area contributed by atoms with Crippen LogP contribution in [0.5, 0.6) is 5.75 Å². The van der Waals surface area contributed by atoms with Gasteiger partial charge in [-0.25, -0.2) is 4.79 Å². The number of aromatic hydroxyl groups is 1. The van der Waals surface area contributed by atoms with Crippen molar-refractivity contribution < 1.29 is 44.4 Å². The van der Waals surface area contributed by atoms with Gasteiger partial charge in [-0.3, -0.25) is 19.2 Å². The summed E-state index contributed by atoms with van der Waals surface area (Å²) >= 11 is 0. The van der Waals surface area contributed by atoms with Gasteiger partial charge in [0.25, 0.3) is 0 Å². The number of carbonyl (C=O) groups is 5. The van der Waals surface area contributed by atoms with Gasteiger partial charge in [-0.15, -0.1) is 0 Å². The van der Waals surface area contributed by atoms with Gasteiger partial charge in [0.05, 0.1) is 19.1 Å². The number of carboxylic acid groups (broad SMARTS) is 2. The fourth-order valence-electron chi connectivity index (χ4n) is 3.37. The van der Waals surface area contributed by atoms with Crippen molar-refractivity contribution in [2.24, 2.45) is 0 Å². The number of phenolic OH excluding ortho intramolecular Hbond substituents is 1. The molecule has 0 aromatic heterocycles. The summed E-state index contributed by atoms with van der Waals surface area (Å²) in [6.45, 7) is -0.112. The van der Waals surface area contributed by atoms with E-state index in [1.54, 1.807) is 0 Å². The Bertz CT molecular complexity index is 900. The first-order valence-electron chi connectivity index (χ1n) is 10.6. The molecule has 4 unspecified atom stereocenters. The second-order valence-corrected chi connectivity index (χ2v) is 7.82. The summed E-state index contributed by atoms with van der Waals surface area (Å²) in [4.78, 5) is 60.1. The molecule has 1 heterocycles. The van der Waals surface area contributed by atoms with Crippen molar-refractivity contribution in [1.82, 2.24) is 21.3 Å². The van der Waals surface area contributed by atoms with Gasteiger partial charge in [-0.2, -0.15) is 0 Å². The number of nitrogens with one attached hydrogen (secondary N) is 4. The smallest absolute Gasteiger partial charge is 0.326 e. The van der Waals surface area contributed by atoms with E-state index in [-0.39, 0.29) is 12.2 Å². The van der Waals surface area contributed by atoms with Gasteiger partial charge in [-0.05, 0) is 37.1 Å². The third kappa shape index (κ3) is 8.01. The average Bonchev–Trinajstić information content (AvgIpc) is 3.32. The van der Waals surface area contributed by atoms with Crippen LogP contribution in [0.25, 0.3) is 0 Å². The van der Waals surface area contributed by atoms with E-state index in [1.165, 1.54) is 24.3 Å². The molecule has 2 rings (SSSR count). The summed E-state index contributed by atoms with van der Waals surface area (Å²) < 4.78 is 0. The highest BCUT2D eigenvalue weighted by molar-refractivity contribution is 5.94. The molecule has 1 aliphatic rings. The van der Waals surface area contributed by atoms with Gasteiger partial charge in [0.2, 0.25) is 17.7 Å². The number of amides is 3. The van der Waals surface area contributed by atoms with Gasteiger partial charge >= 0.3 is 11.9 Å². The molecule has 1 aliphatic heterocycles. The van der Waals surface area contributed by atoms with Crippen LogP contribution in [0.3, 0.4) is 0 Å². The molecular formula is C21H28N4O9. The van der Waals surface area contributed by atoms with Crippen LogP contribution in [0.2, 0.25) is 0 Å². The van der Waals surface area contributed by atoms with E-state index in [1.807, 2.05) is 0 Å². The summed E-state index contributed by atoms with van der Waals surface area (Å²) in [5.41, 5.74) is 0.489. The van der Waals surface area contributed by atoms with Gasteiger partial charge in [0.1, 0.15) is 23.9 Å². The maximum absolute atomic E-state index is 12.8. The van der Waals surface area contributed by atoms with Crippen molar-refractivity contribution in [3.8, 4) is 5.75 Å². The first-order chi connectivity index (χ1) is 16.1. The predicted octanol–water partition coefficient (Wildman–Crippen LogP) is -2.31. The Morgan fingerprint density at radius 1 is 0.941 bits per heavy atom. The zero-order valence-corrected chi connectivity index (χ0v) is 18.2. The fraction of sp³-hybridized carbons (Fsp3) is 0.476. The van der Waals surface area contributed by atoms with Crippen LogP contribution in [0.4, 0.5) is 0 Å². The number of hydrogen-bond donors (Lipinski definition) is 8. The van der Waals surface area contributed by atoms with Crippen molar-refractivity contribution in [2.45, 2.75) is 49.9 Å². The molecular weight excluding hydrogens is 452 g/mol. The Labute approximate surface area is 194 Å². The molecule has 34 heavy (non-hydrogen) atoms. The first-order valence-corrected chi connectivity index (χ1v) is 10.6. The molecule has 13 heteroatoms. The molecule has 1 aromatic carbocycles. The van der Waals surface area contributed by atoms with Gasteiger partial charge in [0.15, 0.2) is 0 Å². The van der Waals surface area contributed by atoms with E-state index >= 15 is 0 Å². The van der Waals surface area contributed by atoms with Gasteiger partial charge < -0.3 is 41.7 Å². The number of benzene rings is 1. The van der Waals surface area contributed by atoms with Crippen molar-refractivity contribution >= 4 is 29.7 Å². The van der Waals surface area contributed by atoms with E-state index in [2.05, 4.69) is 21.3 Å². The molecule has 0 radical (unpaired) electrons. The second kappa shape index (κ2) is 12.5. The highest BCUT2D eigenvalue weighted by Gasteiger charge is 2.32. The molecule has 0 spiro atoms. The van der Waals surface area contributed by atoms with E-state index in [4.69, 9.17) is 5.11 Å². The fourth-order valence-corrected chi connectivity index (χ4v) is 3.37. The largest absolute Gasteiger partial charge is 0.508 e. The first kappa shape index (κ1) is 26.5. The Kier molecular flexibility index (Phi) is 9.76. The SMILES string of the molecule is O=C(O)CC(NC(=O)C(Cc1ccc(O)cc1)NC(=O)C(CO)NC(=O)C1CCCN1)C(=O)O. The van der Waals surface area contributed by atoms with Gasteiger partial charge in [0, 0.05) is 6.42 Å². The summed E-state index contributed by atoms with van der Waals surface area (Å²) in [5.74, 6) is -5.41. The average molecular weight is 480 g/mol. The zero-order valence-electron chi connectivity index (χ0n) is 18.2. The van der Waals surface area contributed by atoms with Crippen LogP contribution in [0.15, 0.2) is 24.3 Å².